The van der Waals surface area contributed by atoms with Crippen LogP contribution in [-0.4, -0.2) is 0 Å². The van der Waals surface area contributed by atoms with Crippen LogP contribution in [0, 0.1) is 6.92 Å². The van der Waals surface area contributed by atoms with Gasteiger partial charge in [-0.1, -0.05) is 68.4 Å². The maximum absolute atomic E-state index is 4.32. The molecule has 0 heteroatoms. The lowest BCUT2D eigenvalue weighted by Crippen LogP contribution is -2.12. The highest BCUT2D eigenvalue weighted by molar-refractivity contribution is 6.23. The summed E-state index contributed by atoms with van der Waals surface area (Å²) in [6, 6.07) is 19.9. The Hall–Kier alpha value is -2.08. The van der Waals surface area contributed by atoms with Gasteiger partial charge in [-0.2, -0.15) is 0 Å². The van der Waals surface area contributed by atoms with Gasteiger partial charge in [0.15, 0.2) is 0 Å². The van der Waals surface area contributed by atoms with Gasteiger partial charge >= 0.3 is 0 Å². The van der Waals surface area contributed by atoms with E-state index in [-0.39, 0.29) is 5.41 Å². The summed E-state index contributed by atoms with van der Waals surface area (Å²) in [6.45, 7) is 8.68. The monoisotopic (exact) mass is 257 g/mol. The van der Waals surface area contributed by atoms with Crippen LogP contribution in [-0.2, 0) is 5.41 Å². The molecule has 0 aliphatic rings. The van der Waals surface area contributed by atoms with E-state index in [2.05, 4.69) is 75.4 Å². The van der Waals surface area contributed by atoms with Gasteiger partial charge in [0.2, 0.25) is 0 Å². The van der Waals surface area contributed by atoms with Crippen molar-refractivity contribution in [1.82, 2.24) is 0 Å². The van der Waals surface area contributed by atoms with Crippen LogP contribution in [0.4, 0.5) is 0 Å². The summed E-state index contributed by atoms with van der Waals surface area (Å²) < 4.78 is 0. The van der Waals surface area contributed by atoms with E-state index in [4.69, 9.17) is 0 Å². The lowest BCUT2D eigenvalue weighted by Gasteiger charge is -2.23. The molecule has 0 fully saturated rings. The summed E-state index contributed by atoms with van der Waals surface area (Å²) in [7, 11) is 0. The van der Waals surface area contributed by atoms with E-state index in [0.717, 1.165) is 0 Å². The second kappa shape index (κ2) is 3.73. The molecule has 1 radical (unpaired) electrons. The van der Waals surface area contributed by atoms with Crippen molar-refractivity contribution in [2.24, 2.45) is 0 Å². The summed E-state index contributed by atoms with van der Waals surface area (Å²) in [5.74, 6) is 0. The second-order valence-electron chi connectivity index (χ2n) is 6.35. The van der Waals surface area contributed by atoms with E-state index in [0.29, 0.717) is 0 Å². The van der Waals surface area contributed by atoms with Gasteiger partial charge in [-0.05, 0) is 50.2 Å². The molecule has 0 aliphatic carbocycles. The predicted molar refractivity (Wildman–Crippen MR) is 88.5 cm³/mol. The average molecular weight is 257 g/mol. The molecular formula is C20H17. The van der Waals surface area contributed by atoms with Crippen molar-refractivity contribution in [1.29, 1.82) is 0 Å². The first-order valence-corrected chi connectivity index (χ1v) is 7.08. The van der Waals surface area contributed by atoms with Gasteiger partial charge < -0.3 is 0 Å². The average Bonchev–Trinajstić information content (AvgIpc) is 2.43. The molecule has 0 bridgehead atoms. The van der Waals surface area contributed by atoms with Crippen molar-refractivity contribution in [3.63, 3.8) is 0 Å². The zero-order chi connectivity index (χ0) is 13.9. The summed E-state index contributed by atoms with van der Waals surface area (Å²) in [5, 5.41) is 8.06. The highest BCUT2D eigenvalue weighted by Crippen LogP contribution is 2.38. The second-order valence-corrected chi connectivity index (χ2v) is 6.35. The molecule has 4 aromatic rings. The van der Waals surface area contributed by atoms with E-state index < -0.39 is 0 Å². The minimum atomic E-state index is -0.0810. The summed E-state index contributed by atoms with van der Waals surface area (Å²) >= 11 is 0. The quantitative estimate of drug-likeness (QED) is 0.384. The Balaban J connectivity index is 2.32. The Bertz CT molecular complexity index is 907. The van der Waals surface area contributed by atoms with Gasteiger partial charge in [-0.3, -0.25) is 0 Å². The Morgan fingerprint density at radius 2 is 1.25 bits per heavy atom. The largest absolute Gasteiger partial charge is 0.0610 e. The number of rotatable bonds is 1. The molecule has 0 saturated heterocycles. The summed E-state index contributed by atoms with van der Waals surface area (Å²) in [5.41, 5.74) is 1.24. The minimum Gasteiger partial charge on any atom is -0.0610 e. The van der Waals surface area contributed by atoms with Crippen LogP contribution in [0.2, 0.25) is 0 Å². The molecule has 0 aliphatic heterocycles. The Morgan fingerprint density at radius 1 is 0.700 bits per heavy atom. The maximum atomic E-state index is 4.32. The van der Waals surface area contributed by atoms with Crippen molar-refractivity contribution < 1.29 is 0 Å². The van der Waals surface area contributed by atoms with E-state index in [9.17, 15) is 0 Å². The van der Waals surface area contributed by atoms with Gasteiger partial charge in [0.05, 0.1) is 0 Å². The van der Waals surface area contributed by atoms with Crippen LogP contribution in [0.25, 0.3) is 32.3 Å². The Morgan fingerprint density at radius 3 is 1.90 bits per heavy atom. The SMILES string of the molecule is [CH2]C(C)(C)c1ccc2ccc3cccc4ccc1c2c34. The first-order valence-electron chi connectivity index (χ1n) is 7.08. The highest BCUT2D eigenvalue weighted by Gasteiger charge is 2.19. The van der Waals surface area contributed by atoms with Crippen LogP contribution in [0.3, 0.4) is 0 Å². The number of hydrogen-bond acceptors (Lipinski definition) is 0. The summed E-state index contributed by atoms with van der Waals surface area (Å²) in [6.07, 6.45) is 0. The molecule has 97 valence electrons. The molecule has 4 rings (SSSR count). The fraction of sp³-hybridized carbons (Fsp3) is 0.150. The third-order valence-corrected chi connectivity index (χ3v) is 4.26. The van der Waals surface area contributed by atoms with Gasteiger partial charge in [0.25, 0.3) is 0 Å². The fourth-order valence-electron chi connectivity index (χ4n) is 3.33. The molecule has 20 heavy (non-hydrogen) atoms. The van der Waals surface area contributed by atoms with Crippen molar-refractivity contribution in [3.8, 4) is 0 Å². The predicted octanol–water partition coefficient (Wildman–Crippen LogP) is 5.70. The molecule has 0 amide bonds. The third-order valence-electron chi connectivity index (χ3n) is 4.26. The molecule has 0 N–H and O–H groups in total. The molecule has 0 aromatic heterocycles. The molecule has 0 heterocycles. The molecule has 0 spiro atoms. The van der Waals surface area contributed by atoms with Crippen molar-refractivity contribution in [2.45, 2.75) is 19.3 Å². The van der Waals surface area contributed by atoms with Crippen molar-refractivity contribution in [2.75, 3.05) is 0 Å². The molecule has 0 atom stereocenters. The first kappa shape index (κ1) is 11.7. The summed E-state index contributed by atoms with van der Waals surface area (Å²) in [4.78, 5) is 0. The molecule has 4 aromatic carbocycles. The van der Waals surface area contributed by atoms with Gasteiger partial charge in [-0.15, -0.1) is 0 Å². The van der Waals surface area contributed by atoms with Crippen LogP contribution in [0.5, 0.6) is 0 Å². The zero-order valence-electron chi connectivity index (χ0n) is 11.9. The topological polar surface area (TPSA) is 0 Å². The van der Waals surface area contributed by atoms with Crippen LogP contribution >= 0.6 is 0 Å². The van der Waals surface area contributed by atoms with E-state index in [1.54, 1.807) is 0 Å². The number of hydrogen-bond donors (Lipinski definition) is 0. The van der Waals surface area contributed by atoms with Crippen LogP contribution in [0.15, 0.2) is 54.6 Å². The normalized spacial score (nSPS) is 12.8. The smallest absolute Gasteiger partial charge is 0.00238 e. The van der Waals surface area contributed by atoms with Gasteiger partial charge in [0, 0.05) is 0 Å². The molecule has 0 saturated carbocycles. The molecule has 0 unspecified atom stereocenters. The van der Waals surface area contributed by atoms with E-state index in [1.165, 1.54) is 37.9 Å². The Labute approximate surface area is 119 Å². The van der Waals surface area contributed by atoms with Gasteiger partial charge in [0.1, 0.15) is 0 Å². The van der Waals surface area contributed by atoms with Crippen molar-refractivity contribution >= 4 is 32.3 Å². The highest BCUT2D eigenvalue weighted by atomic mass is 14.2. The van der Waals surface area contributed by atoms with Crippen LogP contribution < -0.4 is 0 Å². The lowest BCUT2D eigenvalue weighted by molar-refractivity contribution is 0.672. The van der Waals surface area contributed by atoms with E-state index >= 15 is 0 Å². The first-order chi connectivity index (χ1) is 9.55. The van der Waals surface area contributed by atoms with Crippen LogP contribution in [0.1, 0.15) is 19.4 Å². The maximum Gasteiger partial charge on any atom is -0.00238 e. The zero-order valence-corrected chi connectivity index (χ0v) is 11.9. The molecule has 0 nitrogen and oxygen atoms in total. The number of benzene rings is 4. The van der Waals surface area contributed by atoms with E-state index in [1.807, 2.05) is 0 Å². The minimum absolute atomic E-state index is 0.0810. The standard InChI is InChI=1S/C20H17/c1-20(2,3)17-12-10-15-8-7-13-5-4-6-14-9-11-16(17)19(15)18(13)14/h4-12H,1H2,2-3H3. The molecular weight excluding hydrogens is 240 g/mol. The Kier molecular flexibility index (Phi) is 2.18. The van der Waals surface area contributed by atoms with Crippen molar-refractivity contribution in [3.05, 3.63) is 67.1 Å². The third kappa shape index (κ3) is 1.48. The van der Waals surface area contributed by atoms with Gasteiger partial charge in [-0.25, -0.2) is 0 Å². The lowest BCUT2D eigenvalue weighted by atomic mass is 9.81. The fourth-order valence-corrected chi connectivity index (χ4v) is 3.33.